The molecule has 7 aliphatic rings. The molecular weight excluding hydrogens is 1050 g/mol. The topological polar surface area (TPSA) is 122 Å². The van der Waals surface area contributed by atoms with Gasteiger partial charge in [0.1, 0.15) is 34.6 Å². The van der Waals surface area contributed by atoms with Crippen molar-refractivity contribution in [3.8, 4) is 18.2 Å². The molecule has 430 valence electrons. The molecule has 0 radical (unpaired) electrons. The van der Waals surface area contributed by atoms with Gasteiger partial charge in [-0.25, -0.2) is 30.3 Å². The third kappa shape index (κ3) is 14.6. The van der Waals surface area contributed by atoms with Crippen LogP contribution in [0.25, 0.3) is 32.8 Å². The monoisotopic (exact) mass is 1130 g/mol. The van der Waals surface area contributed by atoms with Gasteiger partial charge in [-0.15, -0.1) is 0 Å². The maximum atomic E-state index is 9.32. The highest BCUT2D eigenvalue weighted by atomic mass is 16.5. The number of anilines is 3. The van der Waals surface area contributed by atoms with Gasteiger partial charge in [0.2, 0.25) is 0 Å². The average molecular weight is 1130 g/mol. The molecule has 3 aromatic carbocycles. The van der Waals surface area contributed by atoms with Gasteiger partial charge in [0, 0.05) is 69.2 Å². The minimum Gasteiger partial charge on any atom is -0.462 e. The number of hydrogen-bond donors (Lipinski definition) is 0. The van der Waals surface area contributed by atoms with Crippen LogP contribution in [0.5, 0.6) is 0 Å². The van der Waals surface area contributed by atoms with E-state index in [0.29, 0.717) is 46.2 Å². The van der Waals surface area contributed by atoms with E-state index < -0.39 is 0 Å². The van der Waals surface area contributed by atoms with E-state index in [-0.39, 0.29) is 33.3 Å². The summed E-state index contributed by atoms with van der Waals surface area (Å²) in [5.74, 6) is 4.09. The molecule has 12 nitrogen and oxygen atoms in total. The third-order valence-electron chi connectivity index (χ3n) is 16.2. The van der Waals surface area contributed by atoms with Crippen LogP contribution in [-0.4, -0.2) is 40.3 Å². The summed E-state index contributed by atoms with van der Waals surface area (Å²) in [6, 6.07) is 23.3. The van der Waals surface area contributed by atoms with Gasteiger partial charge in [0.15, 0.2) is 0 Å². The number of ether oxygens (including phenoxy) is 3. The van der Waals surface area contributed by atoms with Gasteiger partial charge >= 0.3 is 0 Å². The quantitative estimate of drug-likeness (QED) is 0.160. The first-order chi connectivity index (χ1) is 40.6. The highest BCUT2D eigenvalue weighted by molar-refractivity contribution is 5.73. The molecule has 10 rings (SSSR count). The van der Waals surface area contributed by atoms with Gasteiger partial charge in [0.25, 0.3) is 17.1 Å². The summed E-state index contributed by atoms with van der Waals surface area (Å²) in [5, 5.41) is 27.6. The molecule has 3 aromatic rings. The van der Waals surface area contributed by atoms with Crippen LogP contribution < -0.4 is 14.7 Å². The number of nitriles is 3. The molecule has 0 aliphatic carbocycles. The number of aryl methyl sites for hydroxylation is 2. The van der Waals surface area contributed by atoms with Crippen molar-refractivity contribution < 1.29 is 14.2 Å². The molecule has 0 fully saturated rings. The summed E-state index contributed by atoms with van der Waals surface area (Å²) in [6.45, 7) is 45.6. The zero-order chi connectivity index (χ0) is 61.2. The SMILES string of the molecule is [C-]#[N+]/C(C#N)=C1C=C(/C=C/c2cc3c4c(c2)C(C)(C)CCN4CCC3(C)C)OC(CC)=C/1.[C-]#[N+]/C(C#N)=C1C=C(/C=C/c2cc3c4c(c2)CCCN4CCC3)OC(C(C)(C)C)=C/1.[C-]#[N+]/C(C#N)=C1\C=C(C)OC(/C=C/c2ccc(N(C)C)cc2)=C1. The zero-order valence-electron chi connectivity index (χ0n) is 51.1. The standard InChI is InChI=1S/C28H31N3O.C26H27N3O.C19H17N3O/c1-7-21-16-20(25(18-29)30-6)17-22(32-21)9-8-19-14-23-26-24(15-19)28(4,5)11-13-31(26)12-10-27(23,2)3;1-26(2,3)24-16-21(23(17-27)28-4)15-22(30-24)10-9-18-13-19-7-5-11-29-12-6-8-20(14-18)25(19)29;1-14-11-16(19(13-20)21-2)12-18(23-14)10-7-15-5-8-17(9-6-15)22(3)4/h8-9,14-17H,7,10-13H2,1-5H3;9-10,13-16H,5-8,11-12H2,1-3H3;5-12H,1,3-4H3/b9-8+,25-20+;10-9+,23-21-;10-7+,19-16+. The largest absolute Gasteiger partial charge is 0.462 e. The van der Waals surface area contributed by atoms with E-state index in [1.807, 2.05) is 98.8 Å². The molecule has 12 heteroatoms. The van der Waals surface area contributed by atoms with Crippen molar-refractivity contribution in [2.24, 2.45) is 5.41 Å². The third-order valence-corrected chi connectivity index (χ3v) is 16.2. The Morgan fingerprint density at radius 2 is 1.04 bits per heavy atom. The fourth-order valence-electron chi connectivity index (χ4n) is 11.3. The first-order valence-corrected chi connectivity index (χ1v) is 29.1. The van der Waals surface area contributed by atoms with E-state index in [1.165, 1.54) is 65.1 Å². The van der Waals surface area contributed by atoms with E-state index in [2.05, 4.69) is 109 Å². The molecule has 0 saturated heterocycles. The van der Waals surface area contributed by atoms with Crippen molar-refractivity contribution >= 4 is 35.3 Å². The second kappa shape index (κ2) is 26.2. The second-order valence-electron chi connectivity index (χ2n) is 24.6. The Labute approximate surface area is 504 Å². The van der Waals surface area contributed by atoms with E-state index in [0.717, 1.165) is 67.1 Å². The molecule has 7 aliphatic heterocycles. The molecule has 7 heterocycles. The van der Waals surface area contributed by atoms with Crippen LogP contribution in [0.2, 0.25) is 0 Å². The lowest BCUT2D eigenvalue weighted by Gasteiger charge is -2.48. The Morgan fingerprint density at radius 3 is 1.51 bits per heavy atom. The normalized spacial score (nSPS) is 19.6. The molecule has 0 bridgehead atoms. The fraction of sp³-hybridized carbons (Fsp3) is 0.342. The number of benzene rings is 3. The smallest absolute Gasteiger partial charge is 0.269 e. The van der Waals surface area contributed by atoms with Crippen LogP contribution in [0.15, 0.2) is 172 Å². The lowest BCUT2D eigenvalue weighted by Crippen LogP contribution is -2.44. The Hall–Kier alpha value is -9.72. The Bertz CT molecular complexity index is 3710. The predicted octanol–water partition coefficient (Wildman–Crippen LogP) is 17.0. The zero-order valence-corrected chi connectivity index (χ0v) is 51.1. The van der Waals surface area contributed by atoms with E-state index in [1.54, 1.807) is 37.3 Å². The summed E-state index contributed by atoms with van der Waals surface area (Å²) < 4.78 is 17.7. The molecule has 0 aromatic heterocycles. The van der Waals surface area contributed by atoms with E-state index >= 15 is 0 Å². The molecule has 0 unspecified atom stereocenters. The van der Waals surface area contributed by atoms with Crippen molar-refractivity contribution in [1.82, 2.24) is 0 Å². The van der Waals surface area contributed by atoms with E-state index in [4.69, 9.17) is 39.2 Å². The number of hydrogen-bond acceptors (Lipinski definition) is 9. The molecule has 0 spiro atoms. The van der Waals surface area contributed by atoms with E-state index in [9.17, 15) is 10.5 Å². The maximum absolute atomic E-state index is 9.32. The van der Waals surface area contributed by atoms with Crippen LogP contribution in [0.3, 0.4) is 0 Å². The maximum Gasteiger partial charge on any atom is 0.269 e. The van der Waals surface area contributed by atoms with Crippen molar-refractivity contribution in [3.63, 3.8) is 0 Å². The lowest BCUT2D eigenvalue weighted by atomic mass is 9.69. The molecular formula is C73H75N9O3. The first-order valence-electron chi connectivity index (χ1n) is 29.1. The van der Waals surface area contributed by atoms with Gasteiger partial charge in [-0.1, -0.05) is 85.8 Å². The Morgan fingerprint density at radius 1 is 0.588 bits per heavy atom. The van der Waals surface area contributed by atoms with Crippen LogP contribution in [-0.2, 0) is 37.9 Å². The van der Waals surface area contributed by atoms with Crippen molar-refractivity contribution in [2.45, 2.75) is 118 Å². The van der Waals surface area contributed by atoms with Crippen LogP contribution in [0, 0.1) is 59.1 Å². The number of allylic oxidation sites excluding steroid dienone is 18. The summed E-state index contributed by atoms with van der Waals surface area (Å²) in [6.07, 6.45) is 30.2. The average Bonchev–Trinajstić information content (AvgIpc) is 0.877. The second-order valence-corrected chi connectivity index (χ2v) is 24.6. The summed E-state index contributed by atoms with van der Waals surface area (Å²) >= 11 is 0. The van der Waals surface area contributed by atoms with Crippen LogP contribution in [0.1, 0.15) is 133 Å². The van der Waals surface area contributed by atoms with Gasteiger partial charge in [-0.05, 0) is 203 Å². The van der Waals surface area contributed by atoms with Crippen molar-refractivity contribution in [2.75, 3.05) is 55.0 Å². The first kappa shape index (κ1) is 61.4. The summed E-state index contributed by atoms with van der Waals surface area (Å²) in [5.41, 5.74) is 15.3. The predicted molar refractivity (Wildman–Crippen MR) is 342 cm³/mol. The molecule has 85 heavy (non-hydrogen) atoms. The molecule has 0 saturated carbocycles. The molecule has 0 amide bonds. The summed E-state index contributed by atoms with van der Waals surface area (Å²) in [7, 11) is 4.00. The van der Waals surface area contributed by atoms with Crippen LogP contribution >= 0.6 is 0 Å². The molecule has 0 N–H and O–H groups in total. The van der Waals surface area contributed by atoms with Gasteiger partial charge in [-0.3, -0.25) is 0 Å². The van der Waals surface area contributed by atoms with Gasteiger partial charge in [-0.2, -0.15) is 0 Å². The summed E-state index contributed by atoms with van der Waals surface area (Å²) in [4.78, 5) is 17.1. The van der Waals surface area contributed by atoms with Crippen LogP contribution in [0.4, 0.5) is 17.1 Å². The van der Waals surface area contributed by atoms with Gasteiger partial charge < -0.3 is 28.9 Å². The highest BCUT2D eigenvalue weighted by Gasteiger charge is 2.40. The van der Waals surface area contributed by atoms with Crippen molar-refractivity contribution in [3.05, 3.63) is 245 Å². The lowest BCUT2D eigenvalue weighted by molar-refractivity contribution is 0.223. The number of nitrogens with zero attached hydrogens (tertiary/aromatic N) is 9. The minimum absolute atomic E-state index is 0.0638. The number of rotatable bonds is 8. The molecule has 0 atom stereocenters. The Balaban J connectivity index is 0.000000168. The highest BCUT2D eigenvalue weighted by Crippen LogP contribution is 2.50. The fourth-order valence-corrected chi connectivity index (χ4v) is 11.3. The minimum atomic E-state index is -0.222. The van der Waals surface area contributed by atoms with Crippen molar-refractivity contribution in [1.29, 1.82) is 15.8 Å². The van der Waals surface area contributed by atoms with Gasteiger partial charge in [0.05, 0.1) is 37.9 Å². The Kier molecular flexibility index (Phi) is 18.9.